The molecule has 2 rings (SSSR count). The molecule has 4 nitrogen and oxygen atoms in total. The molecule has 22 heavy (non-hydrogen) atoms. The second-order valence-electron chi connectivity index (χ2n) is 5.76. The first-order chi connectivity index (χ1) is 10.7. The van der Waals surface area contributed by atoms with Crippen LogP contribution in [0.5, 0.6) is 0 Å². The van der Waals surface area contributed by atoms with Gasteiger partial charge in [-0.1, -0.05) is 42.5 Å². The highest BCUT2D eigenvalue weighted by Gasteiger charge is 2.31. The largest absolute Gasteiger partial charge is 0.382 e. The summed E-state index contributed by atoms with van der Waals surface area (Å²) >= 11 is 0. The van der Waals surface area contributed by atoms with Gasteiger partial charge in [0, 0.05) is 26.2 Å². The number of hydrogen-bond donors (Lipinski definition) is 1. The third-order valence-corrected chi connectivity index (χ3v) is 3.89. The number of nitrogens with one attached hydrogen (secondary N) is 1. The fraction of sp³-hybridized carbons (Fsp3) is 0.500. The van der Waals surface area contributed by atoms with Crippen molar-refractivity contribution in [3.8, 4) is 0 Å². The molecular formula is C18H26N2O2. The van der Waals surface area contributed by atoms with Crippen molar-refractivity contribution in [1.82, 2.24) is 10.2 Å². The van der Waals surface area contributed by atoms with E-state index in [2.05, 4.69) is 29.6 Å². The zero-order chi connectivity index (χ0) is 15.8. The lowest BCUT2D eigenvalue weighted by Gasteiger charge is -2.21. The molecular weight excluding hydrogens is 276 g/mol. The zero-order valence-corrected chi connectivity index (χ0v) is 13.5. The quantitative estimate of drug-likeness (QED) is 0.800. The van der Waals surface area contributed by atoms with E-state index in [0.717, 1.165) is 24.8 Å². The summed E-state index contributed by atoms with van der Waals surface area (Å²) in [7, 11) is 1.69. The molecule has 0 radical (unpaired) electrons. The smallest absolute Gasteiger partial charge is 0.317 e. The van der Waals surface area contributed by atoms with E-state index in [9.17, 15) is 4.79 Å². The fourth-order valence-electron chi connectivity index (χ4n) is 2.25. The Labute approximate surface area is 133 Å². The molecule has 1 atom stereocenters. The molecule has 1 N–H and O–H groups in total. The molecule has 0 saturated heterocycles. The van der Waals surface area contributed by atoms with E-state index >= 15 is 0 Å². The van der Waals surface area contributed by atoms with Crippen LogP contribution in [0.1, 0.15) is 31.7 Å². The molecule has 0 heterocycles. The van der Waals surface area contributed by atoms with Gasteiger partial charge in [-0.15, -0.1) is 0 Å². The third kappa shape index (κ3) is 5.53. The van der Waals surface area contributed by atoms with E-state index in [4.69, 9.17) is 4.74 Å². The zero-order valence-electron chi connectivity index (χ0n) is 13.5. The van der Waals surface area contributed by atoms with Crippen LogP contribution in [0, 0.1) is 0 Å². The third-order valence-electron chi connectivity index (χ3n) is 3.89. The molecule has 4 heteroatoms. The van der Waals surface area contributed by atoms with Crippen molar-refractivity contribution in [3.05, 3.63) is 42.0 Å². The average molecular weight is 302 g/mol. The van der Waals surface area contributed by atoms with Gasteiger partial charge in [-0.3, -0.25) is 0 Å². The molecule has 1 aliphatic rings. The molecule has 1 aromatic carbocycles. The maximum absolute atomic E-state index is 12.3. The van der Waals surface area contributed by atoms with Crippen molar-refractivity contribution in [3.63, 3.8) is 0 Å². The van der Waals surface area contributed by atoms with Crippen LogP contribution < -0.4 is 5.32 Å². The summed E-state index contributed by atoms with van der Waals surface area (Å²) in [5.41, 5.74) is 1.16. The minimum absolute atomic E-state index is 0.0310. The number of benzene rings is 1. The number of ether oxygens (including phenoxy) is 1. The number of nitrogens with zero attached hydrogens (tertiary/aromatic N) is 1. The lowest BCUT2D eigenvalue weighted by molar-refractivity contribution is 0.110. The number of methoxy groups -OCH3 is 1. The van der Waals surface area contributed by atoms with Gasteiger partial charge in [-0.05, 0) is 31.7 Å². The minimum atomic E-state index is 0.0310. The minimum Gasteiger partial charge on any atom is -0.382 e. The highest BCUT2D eigenvalue weighted by Crippen LogP contribution is 2.26. The Balaban J connectivity index is 1.79. The topological polar surface area (TPSA) is 41.6 Å². The maximum Gasteiger partial charge on any atom is 0.317 e. The van der Waals surface area contributed by atoms with Crippen LogP contribution in [0.4, 0.5) is 4.79 Å². The first kappa shape index (κ1) is 16.6. The molecule has 0 aliphatic heterocycles. The number of hydrogen-bond acceptors (Lipinski definition) is 2. The van der Waals surface area contributed by atoms with E-state index in [1.165, 1.54) is 0 Å². The number of amides is 2. The van der Waals surface area contributed by atoms with Gasteiger partial charge in [0.05, 0.1) is 6.10 Å². The van der Waals surface area contributed by atoms with Gasteiger partial charge in [0.25, 0.3) is 0 Å². The Bertz CT molecular complexity index is 483. The lowest BCUT2D eigenvalue weighted by Crippen LogP contribution is -2.42. The second-order valence-corrected chi connectivity index (χ2v) is 5.76. The van der Waals surface area contributed by atoms with E-state index in [1.807, 2.05) is 30.0 Å². The Morgan fingerprint density at radius 2 is 2.14 bits per heavy atom. The van der Waals surface area contributed by atoms with Crippen LogP contribution in [0.3, 0.4) is 0 Å². The number of rotatable bonds is 8. The molecule has 1 fully saturated rings. The highest BCUT2D eigenvalue weighted by atomic mass is 16.5. The maximum atomic E-state index is 12.3. The van der Waals surface area contributed by atoms with E-state index in [0.29, 0.717) is 19.1 Å². The van der Waals surface area contributed by atoms with Gasteiger partial charge in [-0.25, -0.2) is 4.79 Å². The van der Waals surface area contributed by atoms with Crippen molar-refractivity contribution < 1.29 is 9.53 Å². The van der Waals surface area contributed by atoms with Gasteiger partial charge in [0.2, 0.25) is 0 Å². The first-order valence-electron chi connectivity index (χ1n) is 7.99. The first-order valence-corrected chi connectivity index (χ1v) is 7.99. The monoisotopic (exact) mass is 302 g/mol. The molecule has 1 aromatic rings. The summed E-state index contributed by atoms with van der Waals surface area (Å²) in [5, 5.41) is 2.99. The molecule has 1 saturated carbocycles. The number of carbonyl (C=O) groups excluding carboxylic acids is 1. The van der Waals surface area contributed by atoms with Crippen LogP contribution in [-0.4, -0.2) is 43.3 Å². The Hall–Kier alpha value is -1.81. The summed E-state index contributed by atoms with van der Waals surface area (Å²) < 4.78 is 5.19. The van der Waals surface area contributed by atoms with Gasteiger partial charge < -0.3 is 15.0 Å². The van der Waals surface area contributed by atoms with Crippen molar-refractivity contribution in [2.24, 2.45) is 0 Å². The lowest BCUT2D eigenvalue weighted by atomic mass is 10.2. The Morgan fingerprint density at radius 1 is 1.41 bits per heavy atom. The molecule has 0 aromatic heterocycles. The van der Waals surface area contributed by atoms with E-state index < -0.39 is 0 Å². The van der Waals surface area contributed by atoms with Crippen molar-refractivity contribution in [2.45, 2.75) is 38.3 Å². The van der Waals surface area contributed by atoms with Gasteiger partial charge >= 0.3 is 6.03 Å². The van der Waals surface area contributed by atoms with E-state index in [1.54, 1.807) is 7.11 Å². The van der Waals surface area contributed by atoms with Crippen LogP contribution in [0.25, 0.3) is 6.08 Å². The molecule has 120 valence electrons. The van der Waals surface area contributed by atoms with Crippen LogP contribution >= 0.6 is 0 Å². The molecule has 0 spiro atoms. The predicted octanol–water partition coefficient (Wildman–Crippen LogP) is 3.30. The van der Waals surface area contributed by atoms with Crippen molar-refractivity contribution >= 4 is 12.1 Å². The number of urea groups is 1. The summed E-state index contributed by atoms with van der Waals surface area (Å²) in [5.74, 6) is 0. The summed E-state index contributed by atoms with van der Waals surface area (Å²) in [4.78, 5) is 14.2. The van der Waals surface area contributed by atoms with Crippen LogP contribution in [-0.2, 0) is 4.74 Å². The normalized spacial score (nSPS) is 15.7. The van der Waals surface area contributed by atoms with E-state index in [-0.39, 0.29) is 12.1 Å². The summed E-state index contributed by atoms with van der Waals surface area (Å²) in [6.45, 7) is 3.32. The van der Waals surface area contributed by atoms with Gasteiger partial charge in [0.15, 0.2) is 0 Å². The van der Waals surface area contributed by atoms with Crippen LogP contribution in [0.2, 0.25) is 0 Å². The average Bonchev–Trinajstić information content (AvgIpc) is 3.37. The summed E-state index contributed by atoms with van der Waals surface area (Å²) in [6, 6.07) is 10.6. The Kier molecular flexibility index (Phi) is 6.46. The second kappa shape index (κ2) is 8.59. The van der Waals surface area contributed by atoms with Crippen molar-refractivity contribution in [2.75, 3.05) is 20.2 Å². The molecule has 2 amide bonds. The molecule has 1 aliphatic carbocycles. The Morgan fingerprint density at radius 3 is 2.77 bits per heavy atom. The predicted molar refractivity (Wildman–Crippen MR) is 89.7 cm³/mol. The van der Waals surface area contributed by atoms with Crippen molar-refractivity contribution in [1.29, 1.82) is 0 Å². The standard InChI is InChI=1S/C18H26N2O2/c1-15(22-2)12-13-19-18(21)20(17-10-11-17)14-6-9-16-7-4-3-5-8-16/h3-9,15,17H,10-14H2,1-2H3,(H,19,21)/b9-6+/t15-/m1/s1. The fourth-order valence-corrected chi connectivity index (χ4v) is 2.25. The van der Waals surface area contributed by atoms with Gasteiger partial charge in [0.1, 0.15) is 0 Å². The summed E-state index contributed by atoms with van der Waals surface area (Å²) in [6.07, 6.45) is 7.36. The molecule has 0 unspecified atom stereocenters. The SMILES string of the molecule is CO[C@H](C)CCNC(=O)N(C/C=C/c1ccccc1)C1CC1. The number of carbonyl (C=O) groups is 1. The molecule has 0 bridgehead atoms. The van der Waals surface area contributed by atoms with Crippen LogP contribution in [0.15, 0.2) is 36.4 Å². The van der Waals surface area contributed by atoms with Gasteiger partial charge in [-0.2, -0.15) is 0 Å². The highest BCUT2D eigenvalue weighted by molar-refractivity contribution is 5.75.